The fourth-order valence-corrected chi connectivity index (χ4v) is 3.00. The van der Waals surface area contributed by atoms with Gasteiger partial charge in [-0.2, -0.15) is 0 Å². The van der Waals surface area contributed by atoms with Crippen LogP contribution in [0.3, 0.4) is 0 Å². The van der Waals surface area contributed by atoms with E-state index in [1.54, 1.807) is 14.2 Å². The number of carbonyl (C=O) groups excluding carboxylic acids is 1. The molecule has 0 atom stereocenters. The summed E-state index contributed by atoms with van der Waals surface area (Å²) in [5.74, 6) is 1.59. The Labute approximate surface area is 147 Å². The molecule has 1 aromatic heterocycles. The van der Waals surface area contributed by atoms with E-state index in [0.717, 1.165) is 45.6 Å². The molecular formula is C20H22N2O3. The Bertz CT molecular complexity index is 899. The van der Waals surface area contributed by atoms with Gasteiger partial charge in [0.25, 0.3) is 0 Å². The van der Waals surface area contributed by atoms with Gasteiger partial charge in [0.1, 0.15) is 11.5 Å². The Morgan fingerprint density at radius 3 is 2.56 bits per heavy atom. The molecule has 5 nitrogen and oxygen atoms in total. The van der Waals surface area contributed by atoms with E-state index < -0.39 is 0 Å². The standard InChI is InChI=1S/C20H22N2O3/c1-13(23)21-10-9-17-18-12-16(25-3)7-8-19(18)22-20(17)14-5-4-6-15(11-14)24-2/h4-8,11-12,22H,9-10H2,1-3H3,(H,21,23). The second-order valence-corrected chi connectivity index (χ2v) is 5.85. The summed E-state index contributed by atoms with van der Waals surface area (Å²) >= 11 is 0. The number of nitrogens with one attached hydrogen (secondary N) is 2. The van der Waals surface area contributed by atoms with Crippen LogP contribution in [0.1, 0.15) is 12.5 Å². The van der Waals surface area contributed by atoms with E-state index in [2.05, 4.69) is 10.3 Å². The van der Waals surface area contributed by atoms with Crippen LogP contribution in [0.4, 0.5) is 0 Å². The lowest BCUT2D eigenvalue weighted by molar-refractivity contribution is -0.118. The first-order valence-electron chi connectivity index (χ1n) is 8.20. The number of H-pyrrole nitrogens is 1. The molecule has 0 fully saturated rings. The van der Waals surface area contributed by atoms with Crippen LogP contribution in [-0.4, -0.2) is 31.7 Å². The van der Waals surface area contributed by atoms with Gasteiger partial charge < -0.3 is 19.8 Å². The molecule has 3 rings (SSSR count). The summed E-state index contributed by atoms with van der Waals surface area (Å²) in [4.78, 5) is 14.7. The van der Waals surface area contributed by atoms with Crippen molar-refractivity contribution in [3.8, 4) is 22.8 Å². The Balaban J connectivity index is 2.10. The van der Waals surface area contributed by atoms with Crippen LogP contribution in [0.5, 0.6) is 11.5 Å². The van der Waals surface area contributed by atoms with Crippen LogP contribution >= 0.6 is 0 Å². The highest BCUT2D eigenvalue weighted by atomic mass is 16.5. The third-order valence-electron chi connectivity index (χ3n) is 4.22. The minimum Gasteiger partial charge on any atom is -0.497 e. The van der Waals surface area contributed by atoms with Gasteiger partial charge in [-0.3, -0.25) is 4.79 Å². The van der Waals surface area contributed by atoms with E-state index in [-0.39, 0.29) is 5.91 Å². The molecule has 2 N–H and O–H groups in total. The molecule has 2 aromatic carbocycles. The summed E-state index contributed by atoms with van der Waals surface area (Å²) in [5, 5.41) is 3.97. The number of aromatic amines is 1. The highest BCUT2D eigenvalue weighted by molar-refractivity contribution is 5.92. The van der Waals surface area contributed by atoms with Crippen molar-refractivity contribution in [1.82, 2.24) is 10.3 Å². The number of amides is 1. The van der Waals surface area contributed by atoms with Gasteiger partial charge in [0.2, 0.25) is 5.91 Å². The quantitative estimate of drug-likeness (QED) is 0.723. The third kappa shape index (κ3) is 3.60. The van der Waals surface area contributed by atoms with Crippen molar-refractivity contribution in [2.24, 2.45) is 0 Å². The van der Waals surface area contributed by atoms with Gasteiger partial charge in [-0.1, -0.05) is 12.1 Å². The van der Waals surface area contributed by atoms with E-state index in [0.29, 0.717) is 6.54 Å². The number of rotatable bonds is 6. The molecule has 0 saturated heterocycles. The third-order valence-corrected chi connectivity index (χ3v) is 4.22. The van der Waals surface area contributed by atoms with E-state index in [1.165, 1.54) is 6.92 Å². The van der Waals surface area contributed by atoms with E-state index in [1.807, 2.05) is 42.5 Å². The molecule has 0 aliphatic rings. The summed E-state index contributed by atoms with van der Waals surface area (Å²) in [5.41, 5.74) is 4.27. The molecule has 0 aliphatic carbocycles. The van der Waals surface area contributed by atoms with Gasteiger partial charge in [0.15, 0.2) is 0 Å². The smallest absolute Gasteiger partial charge is 0.216 e. The Morgan fingerprint density at radius 2 is 1.84 bits per heavy atom. The summed E-state index contributed by atoms with van der Waals surface area (Å²) in [6, 6.07) is 13.9. The molecule has 0 radical (unpaired) electrons. The second kappa shape index (κ2) is 7.30. The highest BCUT2D eigenvalue weighted by Crippen LogP contribution is 2.34. The monoisotopic (exact) mass is 338 g/mol. The van der Waals surface area contributed by atoms with Gasteiger partial charge in [-0.05, 0) is 42.3 Å². The lowest BCUT2D eigenvalue weighted by Crippen LogP contribution is -2.22. The molecule has 0 spiro atoms. The Hall–Kier alpha value is -2.95. The first-order valence-corrected chi connectivity index (χ1v) is 8.20. The van der Waals surface area contributed by atoms with Crippen molar-refractivity contribution in [2.45, 2.75) is 13.3 Å². The first kappa shape index (κ1) is 16.9. The van der Waals surface area contributed by atoms with Crippen molar-refractivity contribution < 1.29 is 14.3 Å². The zero-order valence-corrected chi connectivity index (χ0v) is 14.7. The van der Waals surface area contributed by atoms with E-state index in [4.69, 9.17) is 9.47 Å². The molecule has 0 saturated carbocycles. The molecule has 1 heterocycles. The largest absolute Gasteiger partial charge is 0.497 e. The molecule has 3 aromatic rings. The van der Waals surface area contributed by atoms with Gasteiger partial charge in [0.05, 0.1) is 14.2 Å². The van der Waals surface area contributed by atoms with Gasteiger partial charge in [-0.15, -0.1) is 0 Å². The highest BCUT2D eigenvalue weighted by Gasteiger charge is 2.14. The maximum Gasteiger partial charge on any atom is 0.216 e. The van der Waals surface area contributed by atoms with Crippen LogP contribution < -0.4 is 14.8 Å². The summed E-state index contributed by atoms with van der Waals surface area (Å²) in [7, 11) is 3.32. The minimum atomic E-state index is -0.0275. The number of benzene rings is 2. The second-order valence-electron chi connectivity index (χ2n) is 5.85. The Kier molecular flexibility index (Phi) is 4.93. The van der Waals surface area contributed by atoms with Crippen molar-refractivity contribution in [3.05, 3.63) is 48.0 Å². The number of hydrogen-bond acceptors (Lipinski definition) is 3. The number of methoxy groups -OCH3 is 2. The number of aromatic nitrogens is 1. The molecule has 25 heavy (non-hydrogen) atoms. The SMILES string of the molecule is COc1cccc(-c2[nH]c3ccc(OC)cc3c2CCNC(C)=O)c1. The van der Waals surface area contributed by atoms with E-state index >= 15 is 0 Å². The van der Waals surface area contributed by atoms with Crippen molar-refractivity contribution in [3.63, 3.8) is 0 Å². The summed E-state index contributed by atoms with van der Waals surface area (Å²) in [6.45, 7) is 2.11. The van der Waals surface area contributed by atoms with Crippen LogP contribution in [-0.2, 0) is 11.2 Å². The Morgan fingerprint density at radius 1 is 1.08 bits per heavy atom. The van der Waals surface area contributed by atoms with Crippen LogP contribution in [0.15, 0.2) is 42.5 Å². The maximum atomic E-state index is 11.2. The number of fused-ring (bicyclic) bond motifs is 1. The fourth-order valence-electron chi connectivity index (χ4n) is 3.00. The normalized spacial score (nSPS) is 10.7. The van der Waals surface area contributed by atoms with Gasteiger partial charge >= 0.3 is 0 Å². The van der Waals surface area contributed by atoms with Crippen molar-refractivity contribution in [1.29, 1.82) is 0 Å². The average molecular weight is 338 g/mol. The number of ether oxygens (including phenoxy) is 2. The average Bonchev–Trinajstić information content (AvgIpc) is 2.99. The molecule has 0 unspecified atom stereocenters. The summed E-state index contributed by atoms with van der Waals surface area (Å²) in [6.07, 6.45) is 0.722. The van der Waals surface area contributed by atoms with Gasteiger partial charge in [-0.25, -0.2) is 0 Å². The fraction of sp³-hybridized carbons (Fsp3) is 0.250. The molecule has 130 valence electrons. The predicted octanol–water partition coefficient (Wildman–Crippen LogP) is 3.53. The van der Waals surface area contributed by atoms with Crippen LogP contribution in [0.2, 0.25) is 0 Å². The van der Waals surface area contributed by atoms with Crippen molar-refractivity contribution in [2.75, 3.05) is 20.8 Å². The van der Waals surface area contributed by atoms with Crippen molar-refractivity contribution >= 4 is 16.8 Å². The minimum absolute atomic E-state index is 0.0275. The maximum absolute atomic E-state index is 11.2. The zero-order chi connectivity index (χ0) is 17.8. The topological polar surface area (TPSA) is 63.4 Å². The number of carbonyl (C=O) groups is 1. The molecular weight excluding hydrogens is 316 g/mol. The zero-order valence-electron chi connectivity index (χ0n) is 14.7. The van der Waals surface area contributed by atoms with E-state index in [9.17, 15) is 4.79 Å². The summed E-state index contributed by atoms with van der Waals surface area (Å²) < 4.78 is 10.7. The van der Waals surface area contributed by atoms with Crippen LogP contribution in [0, 0.1) is 0 Å². The molecule has 1 amide bonds. The van der Waals surface area contributed by atoms with Crippen LogP contribution in [0.25, 0.3) is 22.2 Å². The van der Waals surface area contributed by atoms with Gasteiger partial charge in [0, 0.05) is 35.6 Å². The first-order chi connectivity index (χ1) is 12.1. The lowest BCUT2D eigenvalue weighted by Gasteiger charge is -2.08. The predicted molar refractivity (Wildman–Crippen MR) is 99.2 cm³/mol. The number of hydrogen-bond donors (Lipinski definition) is 2. The molecule has 0 bridgehead atoms. The molecule has 0 aliphatic heterocycles. The molecule has 5 heteroatoms. The lowest BCUT2D eigenvalue weighted by atomic mass is 10.0.